The van der Waals surface area contributed by atoms with Crippen molar-refractivity contribution in [3.8, 4) is 0 Å². The van der Waals surface area contributed by atoms with Gasteiger partial charge in [0.25, 0.3) is 0 Å². The Hall–Kier alpha value is -0.190. The predicted octanol–water partition coefficient (Wildman–Crippen LogP) is 3.51. The Bertz CT molecular complexity index is 341. The van der Waals surface area contributed by atoms with Crippen LogP contribution in [0.2, 0.25) is 0 Å². The molecule has 0 atom stereocenters. The van der Waals surface area contributed by atoms with Gasteiger partial charge in [-0.2, -0.15) is 0 Å². The minimum Gasteiger partial charge on any atom is -0.398 e. The summed E-state index contributed by atoms with van der Waals surface area (Å²) < 4.78 is 6.56. The second kappa shape index (κ2) is 5.23. The van der Waals surface area contributed by atoms with Gasteiger partial charge in [0.1, 0.15) is 0 Å². The third kappa shape index (κ3) is 3.70. The topological polar surface area (TPSA) is 35.2 Å². The van der Waals surface area contributed by atoms with Crippen molar-refractivity contribution < 1.29 is 4.74 Å². The highest BCUT2D eigenvalue weighted by atomic mass is 79.9. The number of hydrogen-bond acceptors (Lipinski definition) is 3. The van der Waals surface area contributed by atoms with Gasteiger partial charge in [0.15, 0.2) is 0 Å². The monoisotopic (exact) mass is 287 g/mol. The molecule has 1 aliphatic rings. The molecule has 15 heavy (non-hydrogen) atoms. The van der Waals surface area contributed by atoms with E-state index < -0.39 is 0 Å². The van der Waals surface area contributed by atoms with Gasteiger partial charge in [-0.3, -0.25) is 0 Å². The molecule has 1 aromatic rings. The van der Waals surface area contributed by atoms with Crippen LogP contribution in [0.25, 0.3) is 0 Å². The molecule has 2 nitrogen and oxygen atoms in total. The van der Waals surface area contributed by atoms with Gasteiger partial charge in [0.2, 0.25) is 0 Å². The minimum absolute atomic E-state index is 0.697. The molecule has 0 aliphatic heterocycles. The van der Waals surface area contributed by atoms with E-state index in [1.54, 1.807) is 11.8 Å². The van der Waals surface area contributed by atoms with Gasteiger partial charge < -0.3 is 10.5 Å². The van der Waals surface area contributed by atoms with Crippen LogP contribution in [0.4, 0.5) is 5.69 Å². The van der Waals surface area contributed by atoms with Crippen LogP contribution in [0, 0.1) is 5.92 Å². The largest absolute Gasteiger partial charge is 0.398 e. The van der Waals surface area contributed by atoms with Crippen molar-refractivity contribution in [1.29, 1.82) is 0 Å². The summed E-state index contributed by atoms with van der Waals surface area (Å²) in [6, 6.07) is 5.94. The quantitative estimate of drug-likeness (QED) is 0.390. The molecule has 2 rings (SSSR count). The average molecular weight is 288 g/mol. The highest BCUT2D eigenvalue weighted by molar-refractivity contribution is 9.10. The van der Waals surface area contributed by atoms with Gasteiger partial charge in [-0.1, -0.05) is 27.7 Å². The van der Waals surface area contributed by atoms with E-state index in [2.05, 4.69) is 15.9 Å². The molecular weight excluding hydrogens is 274 g/mol. The molecule has 1 aromatic carbocycles. The summed E-state index contributed by atoms with van der Waals surface area (Å²) in [5, 5.41) is 0. The van der Waals surface area contributed by atoms with E-state index in [1.165, 1.54) is 12.8 Å². The Morgan fingerprint density at radius 3 is 2.93 bits per heavy atom. The molecule has 0 radical (unpaired) electrons. The Labute approximate surface area is 103 Å². The van der Waals surface area contributed by atoms with E-state index in [0.29, 0.717) is 5.94 Å². The third-order valence-corrected chi connectivity index (χ3v) is 3.78. The highest BCUT2D eigenvalue weighted by Gasteiger charge is 2.20. The van der Waals surface area contributed by atoms with Crippen LogP contribution in [0.1, 0.15) is 12.8 Å². The van der Waals surface area contributed by atoms with Crippen LogP contribution < -0.4 is 5.73 Å². The van der Waals surface area contributed by atoms with Gasteiger partial charge in [-0.05, 0) is 37.0 Å². The fraction of sp³-hybridized carbons (Fsp3) is 0.455. The zero-order valence-electron chi connectivity index (χ0n) is 8.41. The summed E-state index contributed by atoms with van der Waals surface area (Å²) in [4.78, 5) is 1.09. The summed E-state index contributed by atoms with van der Waals surface area (Å²) in [5.74, 6) is 1.52. The molecule has 0 aromatic heterocycles. The normalized spacial score (nSPS) is 15.5. The maximum absolute atomic E-state index is 5.87. The van der Waals surface area contributed by atoms with Crippen LogP contribution in [0.3, 0.4) is 0 Å². The second-order valence-electron chi connectivity index (χ2n) is 3.76. The van der Waals surface area contributed by atoms with E-state index in [0.717, 1.165) is 27.6 Å². The Kier molecular flexibility index (Phi) is 3.94. The van der Waals surface area contributed by atoms with Crippen molar-refractivity contribution in [1.82, 2.24) is 0 Å². The standard InChI is InChI=1S/C11H14BrNOS/c12-9-3-4-11(10(13)5-9)15-7-14-6-8-1-2-8/h3-5,8H,1-2,6-7,13H2. The van der Waals surface area contributed by atoms with Crippen molar-refractivity contribution in [2.75, 3.05) is 18.3 Å². The maximum atomic E-state index is 5.87. The lowest BCUT2D eigenvalue weighted by Crippen LogP contribution is -1.96. The number of nitrogen functional groups attached to an aromatic ring is 1. The number of benzene rings is 1. The van der Waals surface area contributed by atoms with Crippen molar-refractivity contribution in [2.24, 2.45) is 5.92 Å². The Morgan fingerprint density at radius 1 is 1.47 bits per heavy atom. The van der Waals surface area contributed by atoms with Crippen LogP contribution in [-0.4, -0.2) is 12.5 Å². The van der Waals surface area contributed by atoms with Gasteiger partial charge in [-0.15, -0.1) is 0 Å². The lowest BCUT2D eigenvalue weighted by molar-refractivity contribution is 0.171. The molecule has 4 heteroatoms. The first-order valence-electron chi connectivity index (χ1n) is 5.01. The molecule has 0 saturated heterocycles. The molecule has 0 spiro atoms. The van der Waals surface area contributed by atoms with Gasteiger partial charge in [-0.25, -0.2) is 0 Å². The number of anilines is 1. The molecule has 0 bridgehead atoms. The van der Waals surface area contributed by atoms with Crippen LogP contribution >= 0.6 is 27.7 Å². The maximum Gasteiger partial charge on any atom is 0.0967 e. The molecule has 1 fully saturated rings. The molecule has 2 N–H and O–H groups in total. The summed E-state index contributed by atoms with van der Waals surface area (Å²) in [5.41, 5.74) is 6.68. The van der Waals surface area contributed by atoms with Crippen LogP contribution in [0.5, 0.6) is 0 Å². The van der Waals surface area contributed by atoms with Crippen LogP contribution in [-0.2, 0) is 4.74 Å². The number of halogens is 1. The van der Waals surface area contributed by atoms with Crippen molar-refractivity contribution in [3.05, 3.63) is 22.7 Å². The Morgan fingerprint density at radius 2 is 2.27 bits per heavy atom. The summed E-state index contributed by atoms with van der Waals surface area (Å²) >= 11 is 5.04. The van der Waals surface area contributed by atoms with E-state index in [4.69, 9.17) is 10.5 Å². The average Bonchev–Trinajstić information content (AvgIpc) is 2.99. The molecule has 0 heterocycles. The highest BCUT2D eigenvalue weighted by Crippen LogP contribution is 2.31. The van der Waals surface area contributed by atoms with Crippen molar-refractivity contribution >= 4 is 33.4 Å². The first-order chi connectivity index (χ1) is 7.25. The third-order valence-electron chi connectivity index (χ3n) is 2.32. The number of nitrogens with two attached hydrogens (primary N) is 1. The number of rotatable bonds is 5. The fourth-order valence-corrected chi connectivity index (χ4v) is 2.33. The molecule has 1 saturated carbocycles. The van der Waals surface area contributed by atoms with Crippen molar-refractivity contribution in [3.63, 3.8) is 0 Å². The molecule has 0 unspecified atom stereocenters. The summed E-state index contributed by atoms with van der Waals surface area (Å²) in [6.07, 6.45) is 2.68. The first-order valence-corrected chi connectivity index (χ1v) is 6.79. The predicted molar refractivity (Wildman–Crippen MR) is 68.0 cm³/mol. The van der Waals surface area contributed by atoms with Gasteiger partial charge >= 0.3 is 0 Å². The first kappa shape index (κ1) is 11.3. The van der Waals surface area contributed by atoms with Crippen molar-refractivity contribution in [2.45, 2.75) is 17.7 Å². The molecular formula is C11H14BrNOS. The zero-order valence-corrected chi connectivity index (χ0v) is 10.8. The SMILES string of the molecule is Nc1cc(Br)ccc1SCOCC1CC1. The second-order valence-corrected chi connectivity index (χ2v) is 5.64. The van der Waals surface area contributed by atoms with E-state index in [9.17, 15) is 0 Å². The number of ether oxygens (including phenoxy) is 1. The minimum atomic E-state index is 0.697. The fourth-order valence-electron chi connectivity index (χ4n) is 1.26. The molecule has 1 aliphatic carbocycles. The smallest absolute Gasteiger partial charge is 0.0967 e. The zero-order chi connectivity index (χ0) is 10.7. The number of hydrogen-bond donors (Lipinski definition) is 1. The Balaban J connectivity index is 1.76. The molecule has 82 valence electrons. The van der Waals surface area contributed by atoms with Gasteiger partial charge in [0, 0.05) is 15.1 Å². The van der Waals surface area contributed by atoms with Gasteiger partial charge in [0.05, 0.1) is 12.5 Å². The van der Waals surface area contributed by atoms with E-state index in [1.807, 2.05) is 18.2 Å². The van der Waals surface area contributed by atoms with E-state index in [-0.39, 0.29) is 0 Å². The van der Waals surface area contributed by atoms with E-state index >= 15 is 0 Å². The molecule has 0 amide bonds. The summed E-state index contributed by atoms with van der Waals surface area (Å²) in [6.45, 7) is 0.906. The number of thioether (sulfide) groups is 1. The van der Waals surface area contributed by atoms with Crippen LogP contribution in [0.15, 0.2) is 27.6 Å². The summed E-state index contributed by atoms with van der Waals surface area (Å²) in [7, 11) is 0. The lowest BCUT2D eigenvalue weighted by Gasteiger charge is -2.06. The lowest BCUT2D eigenvalue weighted by atomic mass is 10.3.